The molecule has 0 aliphatic carbocycles. The summed E-state index contributed by atoms with van der Waals surface area (Å²) in [5.74, 6) is 0.980. The number of carbonyl (C=O) groups is 2. The zero-order chi connectivity index (χ0) is 25.4. The van der Waals surface area contributed by atoms with Crippen molar-refractivity contribution in [2.45, 2.75) is 25.2 Å². The van der Waals surface area contributed by atoms with E-state index in [2.05, 4.69) is 22.1 Å². The molecule has 1 heterocycles. The smallest absolute Gasteiger partial charge is 0.337 e. The Bertz CT molecular complexity index is 1230. The fraction of sp³-hybridized carbons (Fsp3) is 0.250. The number of amides is 1. The van der Waals surface area contributed by atoms with Gasteiger partial charge in [0.2, 0.25) is 5.91 Å². The molecule has 0 fully saturated rings. The summed E-state index contributed by atoms with van der Waals surface area (Å²) in [4.78, 5) is 24.3. The number of aryl methyl sites for hydroxylation is 1. The maximum atomic E-state index is 12.6. The number of carbonyl (C=O) groups excluding carboxylic acids is 2. The minimum atomic E-state index is -0.526. The molecule has 0 aliphatic rings. The Hall–Kier alpha value is -3.50. The molecule has 35 heavy (non-hydrogen) atoms. The van der Waals surface area contributed by atoms with Gasteiger partial charge in [0.05, 0.1) is 36.2 Å². The number of thioether (sulfide) groups is 1. The summed E-state index contributed by atoms with van der Waals surface area (Å²) < 4.78 is 17.8. The lowest BCUT2D eigenvalue weighted by molar-refractivity contribution is -0.113. The first-order valence-corrected chi connectivity index (χ1v) is 11.8. The van der Waals surface area contributed by atoms with Gasteiger partial charge in [-0.15, -0.1) is 16.8 Å². The predicted octanol–water partition coefficient (Wildman–Crippen LogP) is 4.53. The van der Waals surface area contributed by atoms with E-state index >= 15 is 0 Å². The Morgan fingerprint density at radius 3 is 2.69 bits per heavy atom. The van der Waals surface area contributed by atoms with E-state index in [-0.39, 0.29) is 23.8 Å². The fourth-order valence-electron chi connectivity index (χ4n) is 3.06. The first-order chi connectivity index (χ1) is 16.9. The highest BCUT2D eigenvalue weighted by molar-refractivity contribution is 7.99. The lowest BCUT2D eigenvalue weighted by atomic mass is 10.2. The molecule has 11 heteroatoms. The Kier molecular flexibility index (Phi) is 9.16. The molecule has 0 unspecified atom stereocenters. The van der Waals surface area contributed by atoms with E-state index in [1.165, 1.54) is 37.1 Å². The van der Waals surface area contributed by atoms with Crippen LogP contribution in [0.3, 0.4) is 0 Å². The number of hydrogen-bond acceptors (Lipinski definition) is 8. The van der Waals surface area contributed by atoms with Crippen LogP contribution in [0.1, 0.15) is 21.7 Å². The molecule has 1 amide bonds. The average Bonchev–Trinajstić information content (AvgIpc) is 3.24. The predicted molar refractivity (Wildman–Crippen MR) is 134 cm³/mol. The van der Waals surface area contributed by atoms with Crippen LogP contribution in [0.15, 0.2) is 54.2 Å². The standard InChI is InChI=1S/C24H25ClN4O5S/c1-5-10-29-21(13-34-19-9-6-15(2)11-20(19)32-3)27-28-24(29)35-14-22(30)26-18-12-16(23(31)33-4)7-8-17(18)25/h5-9,11-12H,1,10,13-14H2,2-4H3,(H,26,30). The number of esters is 1. The third-order valence-corrected chi connectivity index (χ3v) is 6.07. The summed E-state index contributed by atoms with van der Waals surface area (Å²) in [6, 6.07) is 10.2. The van der Waals surface area contributed by atoms with Gasteiger partial charge in [-0.2, -0.15) is 0 Å². The van der Waals surface area contributed by atoms with Crippen molar-refractivity contribution in [3.05, 3.63) is 71.0 Å². The number of methoxy groups -OCH3 is 2. The van der Waals surface area contributed by atoms with Crippen LogP contribution in [-0.4, -0.2) is 46.6 Å². The second kappa shape index (κ2) is 12.3. The number of hydrogen-bond donors (Lipinski definition) is 1. The lowest BCUT2D eigenvalue weighted by Gasteiger charge is -2.12. The number of halogens is 1. The number of aromatic nitrogens is 3. The summed E-state index contributed by atoms with van der Waals surface area (Å²) in [6.45, 7) is 6.35. The van der Waals surface area contributed by atoms with Gasteiger partial charge in [-0.25, -0.2) is 4.79 Å². The number of anilines is 1. The molecule has 9 nitrogen and oxygen atoms in total. The average molecular weight is 517 g/mol. The Morgan fingerprint density at radius 2 is 1.97 bits per heavy atom. The maximum absolute atomic E-state index is 12.6. The number of rotatable bonds is 11. The Labute approximate surface area is 212 Å². The highest BCUT2D eigenvalue weighted by Gasteiger charge is 2.16. The number of nitrogens with one attached hydrogen (secondary N) is 1. The van der Waals surface area contributed by atoms with Crippen LogP contribution >= 0.6 is 23.4 Å². The quantitative estimate of drug-likeness (QED) is 0.225. The molecule has 0 spiro atoms. The van der Waals surface area contributed by atoms with Gasteiger partial charge < -0.3 is 19.5 Å². The second-order valence-corrected chi connectivity index (χ2v) is 8.61. The van der Waals surface area contributed by atoms with Crippen LogP contribution in [0, 0.1) is 6.92 Å². The van der Waals surface area contributed by atoms with E-state index in [0.29, 0.717) is 39.7 Å². The van der Waals surface area contributed by atoms with Crippen molar-refractivity contribution >= 4 is 40.9 Å². The second-order valence-electron chi connectivity index (χ2n) is 7.26. The molecule has 184 valence electrons. The molecule has 0 atom stereocenters. The monoisotopic (exact) mass is 516 g/mol. The minimum absolute atomic E-state index is 0.0424. The number of nitrogens with zero attached hydrogens (tertiary/aromatic N) is 3. The minimum Gasteiger partial charge on any atom is -0.493 e. The van der Waals surface area contributed by atoms with Crippen LogP contribution in [0.4, 0.5) is 5.69 Å². The van der Waals surface area contributed by atoms with E-state index in [1.807, 2.05) is 29.7 Å². The van der Waals surface area contributed by atoms with Gasteiger partial charge in [0.1, 0.15) is 6.61 Å². The van der Waals surface area contributed by atoms with E-state index in [4.69, 9.17) is 25.8 Å². The molecule has 0 saturated heterocycles. The van der Waals surface area contributed by atoms with Crippen molar-refractivity contribution in [3.8, 4) is 11.5 Å². The van der Waals surface area contributed by atoms with Crippen LogP contribution in [0.25, 0.3) is 0 Å². The van der Waals surface area contributed by atoms with Gasteiger partial charge in [-0.05, 0) is 42.8 Å². The molecule has 1 N–H and O–H groups in total. The zero-order valence-corrected chi connectivity index (χ0v) is 21.1. The van der Waals surface area contributed by atoms with Crippen molar-refractivity contribution in [1.82, 2.24) is 14.8 Å². The Morgan fingerprint density at radius 1 is 1.17 bits per heavy atom. The van der Waals surface area contributed by atoms with Crippen LogP contribution < -0.4 is 14.8 Å². The topological polar surface area (TPSA) is 105 Å². The molecule has 0 aliphatic heterocycles. The van der Waals surface area contributed by atoms with Gasteiger partial charge in [0.25, 0.3) is 0 Å². The van der Waals surface area contributed by atoms with Crippen molar-refractivity contribution in [2.75, 3.05) is 25.3 Å². The molecule has 1 aromatic heterocycles. The third kappa shape index (κ3) is 6.77. The molecule has 0 saturated carbocycles. The van der Waals surface area contributed by atoms with E-state index in [0.717, 1.165) is 5.56 Å². The van der Waals surface area contributed by atoms with Crippen LogP contribution in [0.5, 0.6) is 11.5 Å². The summed E-state index contributed by atoms with van der Waals surface area (Å²) in [5, 5.41) is 12.0. The summed E-state index contributed by atoms with van der Waals surface area (Å²) >= 11 is 7.36. The highest BCUT2D eigenvalue weighted by Crippen LogP contribution is 2.29. The van der Waals surface area contributed by atoms with E-state index in [9.17, 15) is 9.59 Å². The molecule has 2 aromatic carbocycles. The van der Waals surface area contributed by atoms with Gasteiger partial charge in [0.15, 0.2) is 22.5 Å². The Balaban J connectivity index is 1.66. The number of allylic oxidation sites excluding steroid dienone is 1. The number of ether oxygens (including phenoxy) is 3. The first kappa shape index (κ1) is 26.1. The van der Waals surface area contributed by atoms with Gasteiger partial charge >= 0.3 is 5.97 Å². The fourth-order valence-corrected chi connectivity index (χ4v) is 4.00. The molecular weight excluding hydrogens is 492 g/mol. The summed E-state index contributed by atoms with van der Waals surface area (Å²) in [5.41, 5.74) is 1.65. The normalized spacial score (nSPS) is 10.5. The van der Waals surface area contributed by atoms with Crippen LogP contribution in [0.2, 0.25) is 5.02 Å². The van der Waals surface area contributed by atoms with Gasteiger partial charge in [-0.1, -0.05) is 35.5 Å². The summed E-state index contributed by atoms with van der Waals surface area (Å²) in [6.07, 6.45) is 1.71. The SMILES string of the molecule is C=CCn1c(COc2ccc(C)cc2OC)nnc1SCC(=O)Nc1cc(C(=O)OC)ccc1Cl. The van der Waals surface area contributed by atoms with Gasteiger partial charge in [-0.3, -0.25) is 9.36 Å². The number of benzene rings is 2. The van der Waals surface area contributed by atoms with Crippen molar-refractivity contribution < 1.29 is 23.8 Å². The van der Waals surface area contributed by atoms with E-state index in [1.54, 1.807) is 13.2 Å². The highest BCUT2D eigenvalue weighted by atomic mass is 35.5. The van der Waals surface area contributed by atoms with Gasteiger partial charge in [0, 0.05) is 6.54 Å². The van der Waals surface area contributed by atoms with Crippen molar-refractivity contribution in [1.29, 1.82) is 0 Å². The molecular formula is C24H25ClN4O5S. The van der Waals surface area contributed by atoms with Crippen molar-refractivity contribution in [2.24, 2.45) is 0 Å². The molecule has 3 rings (SSSR count). The first-order valence-electron chi connectivity index (χ1n) is 10.5. The largest absolute Gasteiger partial charge is 0.493 e. The molecule has 0 radical (unpaired) electrons. The zero-order valence-electron chi connectivity index (χ0n) is 19.5. The lowest BCUT2D eigenvalue weighted by Crippen LogP contribution is -2.16. The van der Waals surface area contributed by atoms with Crippen LogP contribution in [-0.2, 0) is 22.7 Å². The maximum Gasteiger partial charge on any atom is 0.337 e. The molecule has 0 bridgehead atoms. The summed E-state index contributed by atoms with van der Waals surface area (Å²) in [7, 11) is 2.86. The van der Waals surface area contributed by atoms with E-state index < -0.39 is 5.97 Å². The van der Waals surface area contributed by atoms with Crippen molar-refractivity contribution in [3.63, 3.8) is 0 Å². The molecule has 3 aromatic rings. The third-order valence-electron chi connectivity index (χ3n) is 4.77.